The molecule has 4 rings (SSSR count). The van der Waals surface area contributed by atoms with Gasteiger partial charge in [0, 0.05) is 0 Å². The average Bonchev–Trinajstić information content (AvgIpc) is 2.26. The number of hydrogen-bond acceptors (Lipinski definition) is 1. The highest BCUT2D eigenvalue weighted by Gasteiger charge is 2.54. The number of aliphatic hydroxyl groups excluding tert-OH is 1. The topological polar surface area (TPSA) is 20.2 Å². The average molecular weight is 236 g/mol. The first-order valence-corrected chi connectivity index (χ1v) is 7.81. The highest BCUT2D eigenvalue weighted by molar-refractivity contribution is 5.04. The largest absolute Gasteiger partial charge is 0.392 e. The van der Waals surface area contributed by atoms with E-state index in [4.69, 9.17) is 0 Å². The first kappa shape index (κ1) is 12.0. The lowest BCUT2D eigenvalue weighted by atomic mass is 9.47. The molecule has 1 N–H and O–H groups in total. The van der Waals surface area contributed by atoms with E-state index < -0.39 is 0 Å². The van der Waals surface area contributed by atoms with Gasteiger partial charge in [0.15, 0.2) is 0 Å². The Labute approximate surface area is 106 Å². The van der Waals surface area contributed by atoms with E-state index in [9.17, 15) is 5.11 Å². The van der Waals surface area contributed by atoms with Gasteiger partial charge < -0.3 is 5.11 Å². The van der Waals surface area contributed by atoms with Crippen LogP contribution < -0.4 is 0 Å². The first-order valence-electron chi connectivity index (χ1n) is 7.81. The van der Waals surface area contributed by atoms with Crippen LogP contribution in [0.3, 0.4) is 0 Å². The third kappa shape index (κ3) is 1.95. The van der Waals surface area contributed by atoms with Crippen LogP contribution in [-0.4, -0.2) is 11.2 Å². The SMILES string of the molecule is CCCC(C)C(O)C12CC3CC(CC(C3)C1)C2. The summed E-state index contributed by atoms with van der Waals surface area (Å²) in [6, 6.07) is 0. The van der Waals surface area contributed by atoms with E-state index in [1.165, 1.54) is 51.4 Å². The summed E-state index contributed by atoms with van der Waals surface area (Å²) in [5.41, 5.74) is 0.337. The van der Waals surface area contributed by atoms with Crippen molar-refractivity contribution in [3.63, 3.8) is 0 Å². The molecule has 1 nitrogen and oxygen atoms in total. The third-order valence-corrected chi connectivity index (χ3v) is 6.00. The first-order chi connectivity index (χ1) is 8.13. The smallest absolute Gasteiger partial charge is 0.0622 e. The molecule has 1 heteroatoms. The molecule has 4 bridgehead atoms. The minimum Gasteiger partial charge on any atom is -0.392 e. The monoisotopic (exact) mass is 236 g/mol. The summed E-state index contributed by atoms with van der Waals surface area (Å²) in [7, 11) is 0. The Balaban J connectivity index is 1.77. The Hall–Kier alpha value is -0.0400. The van der Waals surface area contributed by atoms with Gasteiger partial charge in [-0.05, 0) is 74.0 Å². The van der Waals surface area contributed by atoms with E-state index in [0.29, 0.717) is 11.3 Å². The molecule has 4 aliphatic rings. The van der Waals surface area contributed by atoms with Crippen LogP contribution in [0.15, 0.2) is 0 Å². The fourth-order valence-electron chi connectivity index (χ4n) is 5.76. The summed E-state index contributed by atoms with van der Waals surface area (Å²) in [5, 5.41) is 10.8. The second kappa shape index (κ2) is 4.26. The highest BCUT2D eigenvalue weighted by Crippen LogP contribution is 2.62. The van der Waals surface area contributed by atoms with Gasteiger partial charge in [-0.25, -0.2) is 0 Å². The van der Waals surface area contributed by atoms with Crippen LogP contribution in [0.2, 0.25) is 0 Å². The quantitative estimate of drug-likeness (QED) is 0.782. The summed E-state index contributed by atoms with van der Waals surface area (Å²) < 4.78 is 0. The van der Waals surface area contributed by atoms with Crippen molar-refractivity contribution in [3.8, 4) is 0 Å². The van der Waals surface area contributed by atoms with Crippen molar-refractivity contribution in [2.24, 2.45) is 29.1 Å². The van der Waals surface area contributed by atoms with Crippen molar-refractivity contribution in [2.75, 3.05) is 0 Å². The molecule has 0 aromatic rings. The molecule has 17 heavy (non-hydrogen) atoms. The van der Waals surface area contributed by atoms with Gasteiger partial charge in [0.25, 0.3) is 0 Å². The molecule has 0 aromatic carbocycles. The minimum absolute atomic E-state index is 0.0177. The van der Waals surface area contributed by atoms with Crippen LogP contribution in [0.1, 0.15) is 65.2 Å². The maximum absolute atomic E-state index is 10.8. The molecule has 2 atom stereocenters. The van der Waals surface area contributed by atoms with Crippen LogP contribution in [-0.2, 0) is 0 Å². The second-order valence-electron chi connectivity index (χ2n) is 7.49. The number of aliphatic hydroxyl groups is 1. The number of hydrogen-bond donors (Lipinski definition) is 1. The molecule has 98 valence electrons. The normalized spacial score (nSPS) is 47.1. The molecule has 4 saturated carbocycles. The van der Waals surface area contributed by atoms with Crippen molar-refractivity contribution in [3.05, 3.63) is 0 Å². The molecule has 0 spiro atoms. The Morgan fingerprint density at radius 1 is 1.06 bits per heavy atom. The Bertz CT molecular complexity index is 248. The third-order valence-electron chi connectivity index (χ3n) is 6.00. The maximum atomic E-state index is 10.8. The van der Waals surface area contributed by atoms with Crippen LogP contribution in [0.25, 0.3) is 0 Å². The molecule has 0 aromatic heterocycles. The molecule has 0 aliphatic heterocycles. The summed E-state index contributed by atoms with van der Waals surface area (Å²) in [6.07, 6.45) is 10.9. The molecule has 0 saturated heterocycles. The fourth-order valence-corrected chi connectivity index (χ4v) is 5.76. The van der Waals surface area contributed by atoms with Gasteiger partial charge in [-0.3, -0.25) is 0 Å². The van der Waals surface area contributed by atoms with E-state index in [0.717, 1.165) is 17.8 Å². The van der Waals surface area contributed by atoms with Crippen molar-refractivity contribution < 1.29 is 5.11 Å². The predicted octanol–water partition coefficient (Wildman–Crippen LogP) is 4.00. The molecular formula is C16H28O. The van der Waals surface area contributed by atoms with Gasteiger partial charge >= 0.3 is 0 Å². The standard InChI is InChI=1S/C16H28O/c1-3-4-11(2)15(17)16-8-12-5-13(9-16)7-14(6-12)10-16/h11-15,17H,3-10H2,1-2H3. The van der Waals surface area contributed by atoms with Crippen molar-refractivity contribution in [1.29, 1.82) is 0 Å². The fraction of sp³-hybridized carbons (Fsp3) is 1.00. The zero-order valence-electron chi connectivity index (χ0n) is 11.5. The molecule has 2 unspecified atom stereocenters. The molecular weight excluding hydrogens is 208 g/mol. The van der Waals surface area contributed by atoms with Gasteiger partial charge in [0.2, 0.25) is 0 Å². The van der Waals surface area contributed by atoms with Gasteiger partial charge in [-0.15, -0.1) is 0 Å². The van der Waals surface area contributed by atoms with Crippen LogP contribution in [0.4, 0.5) is 0 Å². The summed E-state index contributed by atoms with van der Waals surface area (Å²) >= 11 is 0. The lowest BCUT2D eigenvalue weighted by molar-refractivity contribution is -0.136. The Morgan fingerprint density at radius 3 is 1.94 bits per heavy atom. The van der Waals surface area contributed by atoms with E-state index in [1.807, 2.05) is 0 Å². The van der Waals surface area contributed by atoms with Crippen molar-refractivity contribution in [2.45, 2.75) is 71.3 Å². The van der Waals surface area contributed by atoms with E-state index in [-0.39, 0.29) is 6.10 Å². The van der Waals surface area contributed by atoms with Crippen LogP contribution >= 0.6 is 0 Å². The van der Waals surface area contributed by atoms with Crippen LogP contribution in [0.5, 0.6) is 0 Å². The van der Waals surface area contributed by atoms with E-state index in [1.54, 1.807) is 0 Å². The molecule has 0 radical (unpaired) electrons. The maximum Gasteiger partial charge on any atom is 0.0622 e. The second-order valence-corrected chi connectivity index (χ2v) is 7.49. The van der Waals surface area contributed by atoms with Gasteiger partial charge in [0.1, 0.15) is 0 Å². The molecule has 4 fully saturated rings. The number of rotatable bonds is 4. The van der Waals surface area contributed by atoms with Crippen molar-refractivity contribution >= 4 is 0 Å². The van der Waals surface area contributed by atoms with Crippen molar-refractivity contribution in [1.82, 2.24) is 0 Å². The zero-order chi connectivity index (χ0) is 12.0. The highest BCUT2D eigenvalue weighted by atomic mass is 16.3. The zero-order valence-corrected chi connectivity index (χ0v) is 11.5. The summed E-state index contributed by atoms with van der Waals surface area (Å²) in [4.78, 5) is 0. The molecule has 0 amide bonds. The lowest BCUT2D eigenvalue weighted by Crippen LogP contribution is -2.53. The van der Waals surface area contributed by atoms with Crippen LogP contribution in [0, 0.1) is 29.1 Å². The lowest BCUT2D eigenvalue weighted by Gasteiger charge is -2.59. The minimum atomic E-state index is -0.0177. The van der Waals surface area contributed by atoms with Gasteiger partial charge in [-0.2, -0.15) is 0 Å². The van der Waals surface area contributed by atoms with E-state index >= 15 is 0 Å². The van der Waals surface area contributed by atoms with Gasteiger partial charge in [0.05, 0.1) is 6.10 Å². The summed E-state index contributed by atoms with van der Waals surface area (Å²) in [6.45, 7) is 4.51. The molecule has 0 heterocycles. The predicted molar refractivity (Wildman–Crippen MR) is 70.7 cm³/mol. The Morgan fingerprint density at radius 2 is 1.53 bits per heavy atom. The van der Waals surface area contributed by atoms with Gasteiger partial charge in [-0.1, -0.05) is 20.3 Å². The summed E-state index contributed by atoms with van der Waals surface area (Å²) in [5.74, 6) is 3.40. The Kier molecular flexibility index (Phi) is 3.01. The van der Waals surface area contributed by atoms with E-state index in [2.05, 4.69) is 13.8 Å². The molecule has 4 aliphatic carbocycles.